The highest BCUT2D eigenvalue weighted by Gasteiger charge is 2.17. The summed E-state index contributed by atoms with van der Waals surface area (Å²) in [6.07, 6.45) is 0. The minimum absolute atomic E-state index is 0.0204. The molecule has 0 bridgehead atoms. The van der Waals surface area contributed by atoms with E-state index in [2.05, 4.69) is 6.58 Å². The van der Waals surface area contributed by atoms with E-state index < -0.39 is 10.1 Å². The van der Waals surface area contributed by atoms with Crippen molar-refractivity contribution in [3.63, 3.8) is 0 Å². The van der Waals surface area contributed by atoms with Gasteiger partial charge < -0.3 is 0 Å². The molecule has 0 unspecified atom stereocenters. The highest BCUT2D eigenvalue weighted by atomic mass is 35.5. The monoisotopic (exact) mass is 246 g/mol. The van der Waals surface area contributed by atoms with Crippen LogP contribution in [0.15, 0.2) is 41.3 Å². The first-order valence-electron chi connectivity index (χ1n) is 4.22. The van der Waals surface area contributed by atoms with E-state index in [-0.39, 0.29) is 16.5 Å². The van der Waals surface area contributed by atoms with Crippen molar-refractivity contribution in [2.75, 3.05) is 6.61 Å². The lowest BCUT2D eigenvalue weighted by Crippen LogP contribution is -2.08. The summed E-state index contributed by atoms with van der Waals surface area (Å²) in [6.45, 7) is 5.20. The Morgan fingerprint density at radius 1 is 1.47 bits per heavy atom. The minimum Gasteiger partial charge on any atom is -0.262 e. The van der Waals surface area contributed by atoms with Crippen molar-refractivity contribution in [3.05, 3.63) is 41.4 Å². The Labute approximate surface area is 94.5 Å². The predicted octanol–water partition coefficient (Wildman–Crippen LogP) is 2.62. The van der Waals surface area contributed by atoms with Gasteiger partial charge in [-0.15, -0.1) is 0 Å². The van der Waals surface area contributed by atoms with Crippen molar-refractivity contribution in [1.82, 2.24) is 0 Å². The zero-order valence-corrected chi connectivity index (χ0v) is 9.81. The molecule has 0 amide bonds. The normalized spacial score (nSPS) is 11.3. The molecular weight excluding hydrogens is 236 g/mol. The van der Waals surface area contributed by atoms with E-state index in [1.54, 1.807) is 19.1 Å². The first-order valence-corrected chi connectivity index (χ1v) is 6.00. The fourth-order valence-corrected chi connectivity index (χ4v) is 2.34. The fourth-order valence-electron chi connectivity index (χ4n) is 0.889. The van der Waals surface area contributed by atoms with Crippen molar-refractivity contribution in [2.45, 2.75) is 11.8 Å². The second kappa shape index (κ2) is 4.79. The molecule has 1 aromatic rings. The average molecular weight is 247 g/mol. The molecule has 0 radical (unpaired) electrons. The molecule has 0 aliphatic carbocycles. The zero-order valence-electron chi connectivity index (χ0n) is 8.23. The van der Waals surface area contributed by atoms with Gasteiger partial charge in [0.2, 0.25) is 0 Å². The average Bonchev–Trinajstić information content (AvgIpc) is 2.15. The van der Waals surface area contributed by atoms with Gasteiger partial charge in [0.1, 0.15) is 4.90 Å². The maximum absolute atomic E-state index is 11.6. The fraction of sp³-hybridized carbons (Fsp3) is 0.200. The molecule has 0 fully saturated rings. The molecule has 82 valence electrons. The largest absolute Gasteiger partial charge is 0.298 e. The molecule has 0 spiro atoms. The van der Waals surface area contributed by atoms with Crippen LogP contribution in [0, 0.1) is 0 Å². The van der Waals surface area contributed by atoms with Crippen molar-refractivity contribution in [2.24, 2.45) is 0 Å². The van der Waals surface area contributed by atoms with Crippen LogP contribution >= 0.6 is 11.6 Å². The van der Waals surface area contributed by atoms with E-state index >= 15 is 0 Å². The van der Waals surface area contributed by atoms with Crippen LogP contribution < -0.4 is 0 Å². The molecule has 0 aromatic heterocycles. The second-order valence-electron chi connectivity index (χ2n) is 3.10. The summed E-state index contributed by atoms with van der Waals surface area (Å²) in [7, 11) is -3.78. The Morgan fingerprint density at radius 2 is 2.07 bits per heavy atom. The molecular formula is C10H11ClO3S. The number of benzene rings is 1. The summed E-state index contributed by atoms with van der Waals surface area (Å²) in [6, 6.07) is 6.14. The minimum atomic E-state index is -3.78. The van der Waals surface area contributed by atoms with Gasteiger partial charge in [-0.3, -0.25) is 4.18 Å². The van der Waals surface area contributed by atoms with Crippen LogP contribution in [-0.2, 0) is 14.3 Å². The third kappa shape index (κ3) is 3.34. The van der Waals surface area contributed by atoms with E-state index in [0.29, 0.717) is 5.57 Å². The van der Waals surface area contributed by atoms with Gasteiger partial charge in [-0.05, 0) is 19.1 Å². The van der Waals surface area contributed by atoms with Crippen molar-refractivity contribution in [3.8, 4) is 0 Å². The zero-order chi connectivity index (χ0) is 11.5. The molecule has 0 atom stereocenters. The molecule has 0 aliphatic heterocycles. The smallest absolute Gasteiger partial charge is 0.262 e. The SMILES string of the molecule is C=C(C)COS(=O)(=O)c1ccccc1Cl. The van der Waals surface area contributed by atoms with Crippen LogP contribution in [0.1, 0.15) is 6.92 Å². The topological polar surface area (TPSA) is 43.4 Å². The van der Waals surface area contributed by atoms with Gasteiger partial charge in [-0.2, -0.15) is 8.42 Å². The summed E-state index contributed by atoms with van der Waals surface area (Å²) in [4.78, 5) is -0.0204. The Balaban J connectivity index is 2.97. The molecule has 15 heavy (non-hydrogen) atoms. The third-order valence-corrected chi connectivity index (χ3v) is 3.33. The molecule has 1 aromatic carbocycles. The summed E-state index contributed by atoms with van der Waals surface area (Å²) >= 11 is 5.74. The third-order valence-electron chi connectivity index (χ3n) is 1.57. The van der Waals surface area contributed by atoms with Gasteiger partial charge in [0.05, 0.1) is 11.6 Å². The molecule has 3 nitrogen and oxygen atoms in total. The molecule has 5 heteroatoms. The molecule has 0 saturated heterocycles. The molecule has 0 N–H and O–H groups in total. The van der Waals surface area contributed by atoms with Gasteiger partial charge in [-0.25, -0.2) is 0 Å². The van der Waals surface area contributed by atoms with Crippen LogP contribution in [0.25, 0.3) is 0 Å². The number of hydrogen-bond acceptors (Lipinski definition) is 3. The van der Waals surface area contributed by atoms with Crippen LogP contribution in [0.4, 0.5) is 0 Å². The number of rotatable bonds is 4. The van der Waals surface area contributed by atoms with Crippen molar-refractivity contribution >= 4 is 21.7 Å². The van der Waals surface area contributed by atoms with Gasteiger partial charge in [0.25, 0.3) is 10.1 Å². The van der Waals surface area contributed by atoms with E-state index in [9.17, 15) is 8.42 Å². The van der Waals surface area contributed by atoms with Crippen molar-refractivity contribution < 1.29 is 12.6 Å². The van der Waals surface area contributed by atoms with Gasteiger partial charge >= 0.3 is 0 Å². The predicted molar refractivity (Wildman–Crippen MR) is 59.4 cm³/mol. The Bertz CT molecular complexity index is 465. The first kappa shape index (κ1) is 12.2. The lowest BCUT2D eigenvalue weighted by Gasteiger charge is -2.06. The lowest BCUT2D eigenvalue weighted by atomic mass is 10.4. The first-order chi connectivity index (χ1) is 6.93. The van der Waals surface area contributed by atoms with E-state index in [1.807, 2.05) is 0 Å². The second-order valence-corrected chi connectivity index (χ2v) is 5.09. The van der Waals surface area contributed by atoms with E-state index in [0.717, 1.165) is 0 Å². The van der Waals surface area contributed by atoms with Crippen LogP contribution in [0.3, 0.4) is 0 Å². The quantitative estimate of drug-likeness (QED) is 0.606. The van der Waals surface area contributed by atoms with Gasteiger partial charge in [0, 0.05) is 0 Å². The van der Waals surface area contributed by atoms with E-state index in [4.69, 9.17) is 15.8 Å². The maximum Gasteiger partial charge on any atom is 0.298 e. The Hall–Kier alpha value is -0.840. The Kier molecular flexibility index (Phi) is 3.90. The Morgan fingerprint density at radius 3 is 2.60 bits per heavy atom. The molecule has 0 saturated carbocycles. The standard InChI is InChI=1S/C10H11ClO3S/c1-8(2)7-14-15(12,13)10-6-4-3-5-9(10)11/h3-6H,1,7H2,2H3. The molecule has 0 heterocycles. The lowest BCUT2D eigenvalue weighted by molar-refractivity contribution is 0.348. The van der Waals surface area contributed by atoms with Gasteiger partial charge in [0.15, 0.2) is 0 Å². The highest BCUT2D eigenvalue weighted by molar-refractivity contribution is 7.86. The van der Waals surface area contributed by atoms with Crippen LogP contribution in [0.2, 0.25) is 5.02 Å². The summed E-state index contributed by atoms with van der Waals surface area (Å²) in [5.41, 5.74) is 0.630. The summed E-state index contributed by atoms with van der Waals surface area (Å²) in [5, 5.41) is 0.152. The molecule has 1 rings (SSSR count). The number of hydrogen-bond donors (Lipinski definition) is 0. The highest BCUT2D eigenvalue weighted by Crippen LogP contribution is 2.22. The van der Waals surface area contributed by atoms with Crippen LogP contribution in [-0.4, -0.2) is 15.0 Å². The molecule has 0 aliphatic rings. The maximum atomic E-state index is 11.6. The van der Waals surface area contributed by atoms with E-state index in [1.165, 1.54) is 12.1 Å². The number of halogens is 1. The van der Waals surface area contributed by atoms with Crippen LogP contribution in [0.5, 0.6) is 0 Å². The van der Waals surface area contributed by atoms with Gasteiger partial charge in [-0.1, -0.05) is 35.9 Å². The summed E-state index contributed by atoms with van der Waals surface area (Å²) in [5.74, 6) is 0. The summed E-state index contributed by atoms with van der Waals surface area (Å²) < 4.78 is 28.0. The van der Waals surface area contributed by atoms with Crippen molar-refractivity contribution in [1.29, 1.82) is 0 Å².